The summed E-state index contributed by atoms with van der Waals surface area (Å²) in [5, 5.41) is 2.91. The number of nitrogens with one attached hydrogen (secondary N) is 1. The van der Waals surface area contributed by atoms with E-state index in [0.29, 0.717) is 11.6 Å². The van der Waals surface area contributed by atoms with E-state index in [-0.39, 0.29) is 18.0 Å². The highest BCUT2D eigenvalue weighted by Crippen LogP contribution is 2.09. The van der Waals surface area contributed by atoms with E-state index in [4.69, 9.17) is 10.2 Å². The maximum atomic E-state index is 11.8. The van der Waals surface area contributed by atoms with Crippen LogP contribution in [0, 0.1) is 0 Å². The van der Waals surface area contributed by atoms with Crippen LogP contribution in [0.15, 0.2) is 10.7 Å². The molecular formula is C13H23N3O2. The van der Waals surface area contributed by atoms with Crippen molar-refractivity contribution in [1.82, 2.24) is 10.3 Å². The molecule has 2 unspecified atom stereocenters. The number of carbonyl (C=O) groups is 1. The number of nitrogens with two attached hydrogens (primary N) is 1. The van der Waals surface area contributed by atoms with Crippen LogP contribution in [-0.4, -0.2) is 16.9 Å². The second-order valence-corrected chi connectivity index (χ2v) is 4.73. The Morgan fingerprint density at radius 3 is 2.78 bits per heavy atom. The highest BCUT2D eigenvalue weighted by molar-refractivity contribution is 5.92. The number of carbonyl (C=O) groups excluding carboxylic acids is 1. The first-order valence-corrected chi connectivity index (χ1v) is 6.56. The van der Waals surface area contributed by atoms with Crippen LogP contribution in [0.2, 0.25) is 0 Å². The molecular weight excluding hydrogens is 230 g/mol. The monoisotopic (exact) mass is 253 g/mol. The van der Waals surface area contributed by atoms with Crippen molar-refractivity contribution >= 4 is 5.91 Å². The highest BCUT2D eigenvalue weighted by atomic mass is 16.3. The van der Waals surface area contributed by atoms with Gasteiger partial charge < -0.3 is 15.5 Å². The van der Waals surface area contributed by atoms with Gasteiger partial charge in [-0.1, -0.05) is 26.2 Å². The van der Waals surface area contributed by atoms with Crippen molar-refractivity contribution in [3.05, 3.63) is 17.8 Å². The number of amides is 1. The van der Waals surface area contributed by atoms with Gasteiger partial charge in [-0.15, -0.1) is 0 Å². The van der Waals surface area contributed by atoms with Gasteiger partial charge in [-0.05, 0) is 20.3 Å². The number of rotatable bonds is 7. The van der Waals surface area contributed by atoms with Crippen molar-refractivity contribution in [2.75, 3.05) is 0 Å². The number of oxazole rings is 1. The molecule has 0 saturated carbocycles. The molecule has 0 saturated heterocycles. The molecule has 1 aromatic heterocycles. The largest absolute Gasteiger partial charge is 0.446 e. The van der Waals surface area contributed by atoms with E-state index in [1.807, 2.05) is 6.92 Å². The van der Waals surface area contributed by atoms with Gasteiger partial charge in [-0.25, -0.2) is 4.98 Å². The molecule has 0 aromatic carbocycles. The molecule has 5 nitrogen and oxygen atoms in total. The van der Waals surface area contributed by atoms with E-state index in [1.165, 1.54) is 19.1 Å². The smallest absolute Gasteiger partial charge is 0.273 e. The van der Waals surface area contributed by atoms with Crippen molar-refractivity contribution in [1.29, 1.82) is 0 Å². The van der Waals surface area contributed by atoms with Crippen LogP contribution in [0.3, 0.4) is 0 Å². The first-order chi connectivity index (χ1) is 8.54. The third-order valence-corrected chi connectivity index (χ3v) is 2.76. The summed E-state index contributed by atoms with van der Waals surface area (Å²) in [7, 11) is 0. The standard InChI is InChI=1S/C13H23N3O2/c1-4-5-6-7-9(2)15-12(17)11-8-18-13(16-11)10(3)14/h8-10H,4-7,14H2,1-3H3,(H,15,17). The molecule has 0 spiro atoms. The Balaban J connectivity index is 2.43. The summed E-state index contributed by atoms with van der Waals surface area (Å²) >= 11 is 0. The molecule has 0 aliphatic carbocycles. The van der Waals surface area contributed by atoms with Crippen LogP contribution in [0.25, 0.3) is 0 Å². The summed E-state index contributed by atoms with van der Waals surface area (Å²) in [6, 6.07) is -0.145. The lowest BCUT2D eigenvalue weighted by Gasteiger charge is -2.12. The zero-order chi connectivity index (χ0) is 13.5. The van der Waals surface area contributed by atoms with Gasteiger partial charge in [0.25, 0.3) is 5.91 Å². The first-order valence-electron chi connectivity index (χ1n) is 6.56. The average Bonchev–Trinajstić information content (AvgIpc) is 2.78. The van der Waals surface area contributed by atoms with Gasteiger partial charge in [0.05, 0.1) is 6.04 Å². The van der Waals surface area contributed by atoms with Gasteiger partial charge in [-0.3, -0.25) is 4.79 Å². The van der Waals surface area contributed by atoms with Crippen molar-refractivity contribution in [3.8, 4) is 0 Å². The molecule has 0 aliphatic heterocycles. The molecule has 1 aromatic rings. The van der Waals surface area contributed by atoms with Gasteiger partial charge in [-0.2, -0.15) is 0 Å². The molecule has 3 N–H and O–H groups in total. The quantitative estimate of drug-likeness (QED) is 0.731. The fraction of sp³-hybridized carbons (Fsp3) is 0.692. The van der Waals surface area contributed by atoms with E-state index in [2.05, 4.69) is 17.2 Å². The topological polar surface area (TPSA) is 81.2 Å². The Labute approximate surface area is 108 Å². The minimum atomic E-state index is -0.298. The fourth-order valence-corrected chi connectivity index (χ4v) is 1.67. The maximum absolute atomic E-state index is 11.8. The van der Waals surface area contributed by atoms with E-state index in [0.717, 1.165) is 12.8 Å². The predicted octanol–water partition coefficient (Wildman–Crippen LogP) is 2.39. The Hall–Kier alpha value is -1.36. The lowest BCUT2D eigenvalue weighted by atomic mass is 10.1. The Kier molecular flexibility index (Phi) is 5.85. The molecule has 2 atom stereocenters. The molecule has 1 amide bonds. The van der Waals surface area contributed by atoms with Crippen molar-refractivity contribution in [2.24, 2.45) is 5.73 Å². The zero-order valence-electron chi connectivity index (χ0n) is 11.4. The summed E-state index contributed by atoms with van der Waals surface area (Å²) in [4.78, 5) is 15.9. The van der Waals surface area contributed by atoms with Crippen molar-refractivity contribution in [3.63, 3.8) is 0 Å². The van der Waals surface area contributed by atoms with E-state index in [1.54, 1.807) is 6.92 Å². The second kappa shape index (κ2) is 7.16. The molecule has 102 valence electrons. The van der Waals surface area contributed by atoms with Crippen LogP contribution in [0.4, 0.5) is 0 Å². The van der Waals surface area contributed by atoms with E-state index < -0.39 is 0 Å². The fourth-order valence-electron chi connectivity index (χ4n) is 1.67. The first kappa shape index (κ1) is 14.7. The van der Waals surface area contributed by atoms with Crippen LogP contribution in [-0.2, 0) is 0 Å². The van der Waals surface area contributed by atoms with E-state index in [9.17, 15) is 4.79 Å². The predicted molar refractivity (Wildman–Crippen MR) is 70.2 cm³/mol. The Morgan fingerprint density at radius 2 is 2.22 bits per heavy atom. The number of aromatic nitrogens is 1. The molecule has 1 rings (SSSR count). The number of nitrogens with zero attached hydrogens (tertiary/aromatic N) is 1. The molecule has 0 fully saturated rings. The van der Waals surface area contributed by atoms with E-state index >= 15 is 0 Å². The number of unbranched alkanes of at least 4 members (excludes halogenated alkanes) is 2. The molecule has 5 heteroatoms. The molecule has 0 aliphatic rings. The molecule has 1 heterocycles. The van der Waals surface area contributed by atoms with Crippen LogP contribution >= 0.6 is 0 Å². The minimum Gasteiger partial charge on any atom is -0.446 e. The molecule has 18 heavy (non-hydrogen) atoms. The SMILES string of the molecule is CCCCCC(C)NC(=O)c1coc(C(C)N)n1. The minimum absolute atomic E-state index is 0.152. The van der Waals surface area contributed by atoms with Crippen molar-refractivity contribution in [2.45, 2.75) is 58.5 Å². The van der Waals surface area contributed by atoms with Crippen molar-refractivity contribution < 1.29 is 9.21 Å². The Morgan fingerprint density at radius 1 is 1.50 bits per heavy atom. The summed E-state index contributed by atoms with van der Waals surface area (Å²) in [6.45, 7) is 5.93. The molecule has 0 radical (unpaired) electrons. The lowest BCUT2D eigenvalue weighted by Crippen LogP contribution is -2.32. The zero-order valence-corrected chi connectivity index (χ0v) is 11.4. The average molecular weight is 253 g/mol. The van der Waals surface area contributed by atoms with Crippen LogP contribution in [0.1, 0.15) is 68.9 Å². The van der Waals surface area contributed by atoms with Gasteiger partial charge >= 0.3 is 0 Å². The number of hydrogen-bond acceptors (Lipinski definition) is 4. The van der Waals surface area contributed by atoms with Crippen LogP contribution < -0.4 is 11.1 Å². The summed E-state index contributed by atoms with van der Waals surface area (Å²) in [6.07, 6.45) is 5.84. The number of hydrogen-bond donors (Lipinski definition) is 2. The van der Waals surface area contributed by atoms with Gasteiger partial charge in [0.15, 0.2) is 5.69 Å². The van der Waals surface area contributed by atoms with Gasteiger partial charge in [0, 0.05) is 6.04 Å². The summed E-state index contributed by atoms with van der Waals surface area (Å²) in [5.41, 5.74) is 5.92. The van der Waals surface area contributed by atoms with Gasteiger partial charge in [0.1, 0.15) is 6.26 Å². The highest BCUT2D eigenvalue weighted by Gasteiger charge is 2.15. The third kappa shape index (κ3) is 4.49. The normalized spacial score (nSPS) is 14.2. The Bertz CT molecular complexity index is 374. The second-order valence-electron chi connectivity index (χ2n) is 4.73. The lowest BCUT2D eigenvalue weighted by molar-refractivity contribution is 0.0933. The third-order valence-electron chi connectivity index (χ3n) is 2.76. The molecule has 0 bridgehead atoms. The summed E-state index contributed by atoms with van der Waals surface area (Å²) in [5.74, 6) is 0.188. The summed E-state index contributed by atoms with van der Waals surface area (Å²) < 4.78 is 5.13. The maximum Gasteiger partial charge on any atom is 0.273 e. The van der Waals surface area contributed by atoms with Gasteiger partial charge in [0.2, 0.25) is 5.89 Å². The van der Waals surface area contributed by atoms with Crippen LogP contribution in [0.5, 0.6) is 0 Å².